The van der Waals surface area contributed by atoms with Crippen molar-refractivity contribution < 1.29 is 23.3 Å². The Kier molecular flexibility index (Phi) is 21.9. The van der Waals surface area contributed by atoms with E-state index in [9.17, 15) is 0 Å². The molecule has 0 spiro atoms. The van der Waals surface area contributed by atoms with E-state index in [2.05, 4.69) is 111 Å². The largest absolute Gasteiger partial charge is 0.168 e. The zero-order valence-corrected chi connectivity index (χ0v) is 22.5. The molecule has 0 bridgehead atoms. The van der Waals surface area contributed by atoms with Crippen molar-refractivity contribution in [3.05, 3.63) is 92.4 Å². The molecule has 0 saturated carbocycles. The monoisotopic (exact) mass is 508 g/mol. The molecule has 0 amide bonds. The number of hydrogen-bond acceptors (Lipinski definition) is 0. The Hall–Kier alpha value is -0.443. The van der Waals surface area contributed by atoms with Crippen LogP contribution >= 0.6 is 24.8 Å². The first-order valence-electron chi connectivity index (χ1n) is 7.89. The summed E-state index contributed by atoms with van der Waals surface area (Å²) in [7, 11) is 0.120. The molecule has 0 heterocycles. The predicted octanol–water partition coefficient (Wildman–Crippen LogP) is 7.40. The predicted molar refractivity (Wildman–Crippen MR) is 129 cm³/mol. The summed E-state index contributed by atoms with van der Waals surface area (Å²) < 4.78 is 0. The molecule has 4 rings (SSSR count). The normalized spacial score (nSPS) is 8.26. The van der Waals surface area contributed by atoms with Crippen molar-refractivity contribution in [2.45, 2.75) is 19.6 Å². The maximum absolute atomic E-state index is 3.06. The molecule has 4 aromatic rings. The molecule has 0 aliphatic heterocycles. The average molecular weight is 511 g/mol. The summed E-state index contributed by atoms with van der Waals surface area (Å²) >= 11 is 1.36. The Balaban J connectivity index is -0.000000308. The molecule has 3 radical (unpaired) electrons. The number of rotatable bonds is 0. The van der Waals surface area contributed by atoms with Gasteiger partial charge in [-0.1, -0.05) is 31.8 Å². The van der Waals surface area contributed by atoms with E-state index in [0.717, 1.165) is 0 Å². The van der Waals surface area contributed by atoms with E-state index in [4.69, 9.17) is 0 Å². The van der Waals surface area contributed by atoms with E-state index in [1.165, 1.54) is 44.9 Å². The molecule has 5 heteroatoms. The van der Waals surface area contributed by atoms with Crippen LogP contribution in [0.25, 0.3) is 21.5 Å². The van der Waals surface area contributed by atoms with Crippen LogP contribution in [0.3, 0.4) is 0 Å². The van der Waals surface area contributed by atoms with Gasteiger partial charge in [-0.3, -0.25) is 0 Å². The van der Waals surface area contributed by atoms with Crippen LogP contribution in [0.5, 0.6) is 0 Å². The molecule has 145 valence electrons. The van der Waals surface area contributed by atoms with E-state index in [1.54, 1.807) is 0 Å². The Morgan fingerprint density at radius 1 is 0.667 bits per heavy atom. The fourth-order valence-corrected chi connectivity index (χ4v) is 2.14. The quantitative estimate of drug-likeness (QED) is 0.171. The second-order valence-electron chi connectivity index (χ2n) is 5.81. The molecule has 0 saturated heterocycles. The average Bonchev–Trinajstić information content (AvgIpc) is 3.26. The van der Waals surface area contributed by atoms with Crippen molar-refractivity contribution in [1.29, 1.82) is 0 Å². The Bertz CT molecular complexity index is 696. The Labute approximate surface area is 196 Å². The third kappa shape index (κ3) is 12.6. The minimum atomic E-state index is 0. The summed E-state index contributed by atoms with van der Waals surface area (Å²) in [6.45, 7) is 9.87. The topological polar surface area (TPSA) is 0 Å². The van der Waals surface area contributed by atoms with E-state index in [0.29, 0.717) is 0 Å². The van der Waals surface area contributed by atoms with Crippen molar-refractivity contribution in [2.75, 3.05) is 0 Å². The van der Waals surface area contributed by atoms with E-state index in [1.807, 2.05) is 0 Å². The minimum Gasteiger partial charge on any atom is -0.168 e. The van der Waals surface area contributed by atoms with Crippen LogP contribution in [-0.2, 0) is 23.3 Å². The van der Waals surface area contributed by atoms with Gasteiger partial charge in [-0.25, -0.2) is 0 Å². The maximum Gasteiger partial charge on any atom is -0.0809 e. The minimum absolute atomic E-state index is 0. The van der Waals surface area contributed by atoms with E-state index in [-0.39, 0.29) is 41.0 Å². The van der Waals surface area contributed by atoms with Gasteiger partial charge in [0.15, 0.2) is 0 Å². The summed E-state index contributed by atoms with van der Waals surface area (Å²) in [6.07, 6.45) is 0. The molecule has 0 N–H and O–H groups in total. The van der Waals surface area contributed by atoms with E-state index < -0.39 is 0 Å². The van der Waals surface area contributed by atoms with Crippen molar-refractivity contribution >= 4 is 62.0 Å². The smallest absolute Gasteiger partial charge is 0.0809 e. The van der Waals surface area contributed by atoms with Gasteiger partial charge in [0.1, 0.15) is 0 Å². The zero-order valence-electron chi connectivity index (χ0n) is 16.4. The third-order valence-electron chi connectivity index (χ3n) is 3.10. The molecule has 0 aliphatic rings. The van der Waals surface area contributed by atoms with Gasteiger partial charge < -0.3 is 7.43 Å². The number of hydrogen-bond donors (Lipinski definition) is 0. The third-order valence-corrected chi connectivity index (χ3v) is 3.10. The first-order chi connectivity index (χ1) is 11.7. The van der Waals surface area contributed by atoms with Gasteiger partial charge in [0.25, 0.3) is 0 Å². The molecule has 27 heavy (non-hydrogen) atoms. The van der Waals surface area contributed by atoms with Crippen LogP contribution in [0.4, 0.5) is 0 Å². The van der Waals surface area contributed by atoms with Gasteiger partial charge in [-0.2, -0.15) is 35.0 Å². The fourth-order valence-electron chi connectivity index (χ4n) is 2.14. The van der Waals surface area contributed by atoms with Crippen LogP contribution in [0.2, 0.25) is 19.6 Å². The Morgan fingerprint density at radius 2 is 0.963 bits per heavy atom. The summed E-state index contributed by atoms with van der Waals surface area (Å²) in [4.78, 5) is 0. The van der Waals surface area contributed by atoms with Crippen LogP contribution in [0.15, 0.2) is 84.9 Å². The molecule has 0 aliphatic carbocycles. The standard InChI is InChI=1S/2C9H7.C3H9Si.CH3.2ClH.Si.Zr/c2*1-2-5-9-7-3-6-8(9)4-1;1-4(2)3;;;;;/h2*1-7H;1-3H3;1H3;2*1H;;/q2*-1;;-1;;;;. The van der Waals surface area contributed by atoms with Gasteiger partial charge in [-0.05, 0) is 0 Å². The van der Waals surface area contributed by atoms with Crippen LogP contribution in [-0.4, -0.2) is 15.7 Å². The summed E-state index contributed by atoms with van der Waals surface area (Å²) in [5, 5.41) is 5.32. The second-order valence-corrected chi connectivity index (χ2v) is 8.81. The van der Waals surface area contributed by atoms with Crippen LogP contribution in [0.1, 0.15) is 0 Å². The zero-order chi connectivity index (χ0) is 17.8. The number of fused-ring (bicyclic) bond motifs is 2. The SMILES string of the molecule is C[Si](C)C.Cl.Cl.[CH3-].[Si]=[Zr].c1ccc2[cH-]ccc2c1.c1ccc2[cH-]ccc2c1. The van der Waals surface area contributed by atoms with Crippen molar-refractivity contribution in [3.8, 4) is 0 Å². The number of halogens is 2. The van der Waals surface area contributed by atoms with Gasteiger partial charge in [0, 0.05) is 8.80 Å². The first-order valence-corrected chi connectivity index (χ1v) is 15.1. The molecule has 4 aromatic carbocycles. The van der Waals surface area contributed by atoms with Gasteiger partial charge in [0.05, 0.1) is 0 Å². The van der Waals surface area contributed by atoms with Gasteiger partial charge >= 0.3 is 30.2 Å². The van der Waals surface area contributed by atoms with E-state index >= 15 is 0 Å². The maximum atomic E-state index is 3.06. The summed E-state index contributed by atoms with van der Waals surface area (Å²) in [6, 6.07) is 29.3. The molecule has 0 fully saturated rings. The summed E-state index contributed by atoms with van der Waals surface area (Å²) in [5.74, 6) is 0. The van der Waals surface area contributed by atoms with Crippen molar-refractivity contribution in [3.63, 3.8) is 0 Å². The van der Waals surface area contributed by atoms with Crippen LogP contribution < -0.4 is 0 Å². The molecular formula is C22H28Cl2Si2Zr-3. The van der Waals surface area contributed by atoms with Crippen LogP contribution in [0, 0.1) is 7.43 Å². The summed E-state index contributed by atoms with van der Waals surface area (Å²) in [5.41, 5.74) is 0. The second kappa shape index (κ2) is 18.9. The first kappa shape index (κ1) is 31.3. The molecule has 0 nitrogen and oxygen atoms in total. The van der Waals surface area contributed by atoms with Gasteiger partial charge in [-0.15, -0.1) is 84.1 Å². The fraction of sp³-hybridized carbons (Fsp3) is 0.136. The van der Waals surface area contributed by atoms with Crippen molar-refractivity contribution in [2.24, 2.45) is 0 Å². The van der Waals surface area contributed by atoms with Crippen molar-refractivity contribution in [1.82, 2.24) is 0 Å². The molecule has 0 unspecified atom stereocenters. The number of benzene rings is 2. The molecule has 0 aromatic heterocycles. The molecular weight excluding hydrogens is 483 g/mol. The van der Waals surface area contributed by atoms with Gasteiger partial charge in [0.2, 0.25) is 0 Å². The molecule has 0 atom stereocenters. The Morgan fingerprint density at radius 3 is 1.26 bits per heavy atom.